The van der Waals surface area contributed by atoms with Gasteiger partial charge in [-0.05, 0) is 43.4 Å². The Labute approximate surface area is 156 Å². The van der Waals surface area contributed by atoms with E-state index in [9.17, 15) is 5.11 Å². The molecule has 0 aliphatic carbocycles. The molecule has 0 saturated carbocycles. The van der Waals surface area contributed by atoms with Crippen LogP contribution in [-0.4, -0.2) is 57.1 Å². The predicted octanol–water partition coefficient (Wildman–Crippen LogP) is 1.51. The fourth-order valence-corrected chi connectivity index (χ4v) is 3.60. The van der Waals surface area contributed by atoms with Crippen LogP contribution in [-0.2, 0) is 17.6 Å². The zero-order valence-corrected chi connectivity index (χ0v) is 15.7. The lowest BCUT2D eigenvalue weighted by atomic mass is 9.84. The molecule has 6 heteroatoms. The van der Waals surface area contributed by atoms with Gasteiger partial charge in [0.05, 0.1) is 19.8 Å². The number of aliphatic hydroxyl groups is 1. The van der Waals surface area contributed by atoms with E-state index in [1.807, 2.05) is 0 Å². The number of benzene rings is 1. The van der Waals surface area contributed by atoms with Crippen molar-refractivity contribution in [2.45, 2.75) is 32.6 Å². The average Bonchev–Trinajstić information content (AvgIpc) is 3.29. The van der Waals surface area contributed by atoms with Crippen molar-refractivity contribution in [2.24, 2.45) is 10.4 Å². The van der Waals surface area contributed by atoms with Gasteiger partial charge >= 0.3 is 0 Å². The fraction of sp³-hybridized carbons (Fsp3) is 0.650. The second-order valence-electron chi connectivity index (χ2n) is 7.19. The standard InChI is InChI=1S/C20H31N3O3/c1-2-21-19(23-14-20(7-10-24)8-12-25-15-20)22-9-5-16-3-4-18-17(13-16)6-11-26-18/h3-4,13,24H,2,5-12,14-15H2,1H3,(H2,21,22,23). The zero-order valence-electron chi connectivity index (χ0n) is 15.7. The molecule has 0 bridgehead atoms. The Bertz CT molecular complexity index is 612. The van der Waals surface area contributed by atoms with Crippen molar-refractivity contribution >= 4 is 5.96 Å². The summed E-state index contributed by atoms with van der Waals surface area (Å²) in [5.74, 6) is 1.87. The smallest absolute Gasteiger partial charge is 0.191 e. The Kier molecular flexibility index (Phi) is 6.74. The van der Waals surface area contributed by atoms with Crippen LogP contribution in [0.3, 0.4) is 0 Å². The third-order valence-electron chi connectivity index (χ3n) is 5.20. The largest absolute Gasteiger partial charge is 0.493 e. The van der Waals surface area contributed by atoms with Crippen molar-refractivity contribution in [3.05, 3.63) is 29.3 Å². The van der Waals surface area contributed by atoms with E-state index in [-0.39, 0.29) is 12.0 Å². The van der Waals surface area contributed by atoms with Crippen LogP contribution in [0.25, 0.3) is 0 Å². The summed E-state index contributed by atoms with van der Waals surface area (Å²) >= 11 is 0. The molecule has 3 rings (SSSR count). The molecule has 144 valence electrons. The third-order valence-corrected chi connectivity index (χ3v) is 5.20. The second kappa shape index (κ2) is 9.24. The number of aliphatic imine (C=N–C) groups is 1. The van der Waals surface area contributed by atoms with Crippen molar-refractivity contribution in [1.29, 1.82) is 0 Å². The maximum atomic E-state index is 9.35. The van der Waals surface area contributed by atoms with Gasteiger partial charge in [0, 0.05) is 38.1 Å². The number of ether oxygens (including phenoxy) is 2. The highest BCUT2D eigenvalue weighted by Gasteiger charge is 2.34. The van der Waals surface area contributed by atoms with E-state index >= 15 is 0 Å². The minimum absolute atomic E-state index is 0.0168. The molecule has 0 amide bonds. The minimum atomic E-state index is -0.0168. The van der Waals surface area contributed by atoms with E-state index in [1.54, 1.807) is 0 Å². The molecule has 3 N–H and O–H groups in total. The van der Waals surface area contributed by atoms with E-state index in [2.05, 4.69) is 35.8 Å². The molecule has 0 radical (unpaired) electrons. The topological polar surface area (TPSA) is 75.1 Å². The summed E-state index contributed by atoms with van der Waals surface area (Å²) in [7, 11) is 0. The Morgan fingerprint density at radius 2 is 2.23 bits per heavy atom. The van der Waals surface area contributed by atoms with Crippen LogP contribution in [0, 0.1) is 5.41 Å². The summed E-state index contributed by atoms with van der Waals surface area (Å²) in [5, 5.41) is 16.1. The van der Waals surface area contributed by atoms with Crippen LogP contribution in [0.15, 0.2) is 23.2 Å². The molecule has 0 aromatic heterocycles. The summed E-state index contributed by atoms with van der Waals surface area (Å²) in [6.45, 7) is 6.84. The van der Waals surface area contributed by atoms with E-state index < -0.39 is 0 Å². The number of hydrogen-bond acceptors (Lipinski definition) is 4. The maximum Gasteiger partial charge on any atom is 0.191 e. The molecule has 1 aromatic carbocycles. The predicted molar refractivity (Wildman–Crippen MR) is 103 cm³/mol. The zero-order chi connectivity index (χ0) is 18.2. The summed E-state index contributed by atoms with van der Waals surface area (Å²) in [6.07, 6.45) is 3.67. The minimum Gasteiger partial charge on any atom is -0.493 e. The quantitative estimate of drug-likeness (QED) is 0.483. The Hall–Kier alpha value is -1.79. The molecular formula is C20H31N3O3. The van der Waals surface area contributed by atoms with Gasteiger partial charge in [0.1, 0.15) is 5.75 Å². The van der Waals surface area contributed by atoms with Gasteiger partial charge in [-0.1, -0.05) is 12.1 Å². The van der Waals surface area contributed by atoms with Gasteiger partial charge in [0.15, 0.2) is 5.96 Å². The molecule has 26 heavy (non-hydrogen) atoms. The van der Waals surface area contributed by atoms with Crippen molar-refractivity contribution in [1.82, 2.24) is 10.6 Å². The summed E-state index contributed by atoms with van der Waals surface area (Å²) in [5.41, 5.74) is 2.62. The van der Waals surface area contributed by atoms with Gasteiger partial charge in [0.2, 0.25) is 0 Å². The number of rotatable bonds is 8. The van der Waals surface area contributed by atoms with Gasteiger partial charge in [-0.3, -0.25) is 4.99 Å². The van der Waals surface area contributed by atoms with Crippen LogP contribution in [0.1, 0.15) is 30.9 Å². The summed E-state index contributed by atoms with van der Waals surface area (Å²) in [4.78, 5) is 4.76. The third kappa shape index (κ3) is 4.89. The first-order chi connectivity index (χ1) is 12.7. The Morgan fingerprint density at radius 3 is 3.00 bits per heavy atom. The fourth-order valence-electron chi connectivity index (χ4n) is 3.60. The van der Waals surface area contributed by atoms with Crippen LogP contribution >= 0.6 is 0 Å². The van der Waals surface area contributed by atoms with Gasteiger partial charge in [-0.15, -0.1) is 0 Å². The van der Waals surface area contributed by atoms with Gasteiger partial charge < -0.3 is 25.2 Å². The lowest BCUT2D eigenvalue weighted by Gasteiger charge is -2.24. The molecule has 2 heterocycles. The van der Waals surface area contributed by atoms with Crippen LogP contribution in [0.5, 0.6) is 5.75 Å². The molecule has 6 nitrogen and oxygen atoms in total. The maximum absolute atomic E-state index is 9.35. The second-order valence-corrected chi connectivity index (χ2v) is 7.19. The Balaban J connectivity index is 1.52. The van der Waals surface area contributed by atoms with Crippen LogP contribution in [0.2, 0.25) is 0 Å². The average molecular weight is 361 g/mol. The van der Waals surface area contributed by atoms with Crippen molar-refractivity contribution < 1.29 is 14.6 Å². The first-order valence-electron chi connectivity index (χ1n) is 9.70. The molecule has 1 unspecified atom stereocenters. The molecule has 1 atom stereocenters. The highest BCUT2D eigenvalue weighted by molar-refractivity contribution is 5.79. The van der Waals surface area contributed by atoms with Crippen molar-refractivity contribution in [3.8, 4) is 5.75 Å². The lowest BCUT2D eigenvalue weighted by molar-refractivity contribution is 0.131. The van der Waals surface area contributed by atoms with E-state index in [0.29, 0.717) is 13.2 Å². The number of nitrogens with one attached hydrogen (secondary N) is 2. The normalized spacial score (nSPS) is 22.2. The van der Waals surface area contributed by atoms with Gasteiger partial charge in [0.25, 0.3) is 0 Å². The SMILES string of the molecule is CCNC(=NCC1(CCO)CCOC1)NCCc1ccc2c(c1)CCO2. The molecule has 1 saturated heterocycles. The molecule has 2 aliphatic heterocycles. The van der Waals surface area contributed by atoms with Gasteiger partial charge in [-0.2, -0.15) is 0 Å². The van der Waals surface area contributed by atoms with Crippen LogP contribution < -0.4 is 15.4 Å². The number of fused-ring (bicyclic) bond motifs is 1. The molecular weight excluding hydrogens is 330 g/mol. The number of aliphatic hydroxyl groups excluding tert-OH is 1. The number of guanidine groups is 1. The number of hydrogen-bond donors (Lipinski definition) is 3. The van der Waals surface area contributed by atoms with E-state index in [0.717, 1.165) is 63.7 Å². The molecule has 0 spiro atoms. The molecule has 1 aromatic rings. The number of nitrogens with zero attached hydrogens (tertiary/aromatic N) is 1. The van der Waals surface area contributed by atoms with E-state index in [1.165, 1.54) is 11.1 Å². The first-order valence-corrected chi connectivity index (χ1v) is 9.70. The lowest BCUT2D eigenvalue weighted by Crippen LogP contribution is -2.39. The molecule has 1 fully saturated rings. The van der Waals surface area contributed by atoms with Crippen LogP contribution in [0.4, 0.5) is 0 Å². The first kappa shape index (κ1) is 19.0. The van der Waals surface area contributed by atoms with E-state index in [4.69, 9.17) is 14.5 Å². The Morgan fingerprint density at radius 1 is 1.31 bits per heavy atom. The van der Waals surface area contributed by atoms with Gasteiger partial charge in [-0.25, -0.2) is 0 Å². The highest BCUT2D eigenvalue weighted by Crippen LogP contribution is 2.32. The monoisotopic (exact) mass is 361 g/mol. The summed E-state index contributed by atoms with van der Waals surface area (Å²) < 4.78 is 11.1. The van der Waals surface area contributed by atoms with Crippen molar-refractivity contribution in [3.63, 3.8) is 0 Å². The summed E-state index contributed by atoms with van der Waals surface area (Å²) in [6, 6.07) is 6.47. The van der Waals surface area contributed by atoms with Crippen molar-refractivity contribution in [2.75, 3.05) is 46.1 Å². The molecule has 2 aliphatic rings. The highest BCUT2D eigenvalue weighted by atomic mass is 16.5.